The minimum absolute atomic E-state index is 0.139. The number of sulfonamides is 1. The average Bonchev–Trinajstić information content (AvgIpc) is 2.50. The molecule has 0 atom stereocenters. The van der Waals surface area contributed by atoms with E-state index in [9.17, 15) is 8.42 Å². The highest BCUT2D eigenvalue weighted by Gasteiger charge is 2.29. The van der Waals surface area contributed by atoms with Crippen LogP contribution in [-0.2, 0) is 16.6 Å². The molecule has 1 saturated heterocycles. The van der Waals surface area contributed by atoms with Crippen LogP contribution in [0.1, 0.15) is 45.6 Å². The molecule has 1 aliphatic heterocycles. The Morgan fingerprint density at radius 1 is 1.33 bits per heavy atom. The summed E-state index contributed by atoms with van der Waals surface area (Å²) in [6.45, 7) is 8.27. The summed E-state index contributed by atoms with van der Waals surface area (Å²) in [5.74, 6) is 0. The fourth-order valence-corrected chi connectivity index (χ4v) is 3.58. The maximum absolute atomic E-state index is 12.0. The van der Waals surface area contributed by atoms with Crippen molar-refractivity contribution in [1.29, 1.82) is 5.26 Å². The van der Waals surface area contributed by atoms with Crippen molar-refractivity contribution in [1.82, 2.24) is 4.90 Å². The van der Waals surface area contributed by atoms with Crippen molar-refractivity contribution in [2.24, 2.45) is 5.41 Å². The molecule has 1 aromatic carbocycles. The molecule has 1 heterocycles. The van der Waals surface area contributed by atoms with E-state index < -0.39 is 15.3 Å². The summed E-state index contributed by atoms with van der Waals surface area (Å²) < 4.78 is 26.6. The smallest absolute Gasteiger partial charge is 0.235 e. The molecule has 0 saturated carbocycles. The molecule has 0 unspecified atom stereocenters. The number of nitriles is 1. The molecule has 132 valence electrons. The zero-order chi connectivity index (χ0) is 17.8. The van der Waals surface area contributed by atoms with Crippen molar-refractivity contribution >= 4 is 15.7 Å². The Morgan fingerprint density at radius 2 is 2.00 bits per heavy atom. The molecule has 0 spiro atoms. The molecule has 0 bridgehead atoms. The Morgan fingerprint density at radius 3 is 2.58 bits per heavy atom. The molecular weight excluding hydrogens is 322 g/mol. The highest BCUT2D eigenvalue weighted by atomic mass is 32.2. The van der Waals surface area contributed by atoms with Gasteiger partial charge in [0, 0.05) is 18.7 Å². The number of nitrogens with zero attached hydrogens (tertiary/aromatic N) is 2. The van der Waals surface area contributed by atoms with Gasteiger partial charge in [-0.2, -0.15) is 5.26 Å². The summed E-state index contributed by atoms with van der Waals surface area (Å²) in [4.78, 5) is 2.37. The Labute approximate surface area is 145 Å². The Kier molecular flexibility index (Phi) is 5.89. The minimum Gasteiger partial charge on any atom is -0.299 e. The monoisotopic (exact) mass is 349 g/mol. The minimum atomic E-state index is -3.32. The van der Waals surface area contributed by atoms with Crippen molar-refractivity contribution < 1.29 is 8.42 Å². The molecule has 1 aromatic rings. The predicted molar refractivity (Wildman–Crippen MR) is 97.0 cm³/mol. The van der Waals surface area contributed by atoms with Gasteiger partial charge in [0.1, 0.15) is 0 Å². The van der Waals surface area contributed by atoms with E-state index in [2.05, 4.69) is 22.6 Å². The number of nitrogens with one attached hydrogen (secondary N) is 1. The molecule has 1 N–H and O–H groups in total. The van der Waals surface area contributed by atoms with E-state index >= 15 is 0 Å². The topological polar surface area (TPSA) is 73.2 Å². The van der Waals surface area contributed by atoms with E-state index in [-0.39, 0.29) is 5.41 Å². The fourth-order valence-electron chi connectivity index (χ4n) is 2.89. The van der Waals surface area contributed by atoms with E-state index in [0.29, 0.717) is 12.1 Å². The number of hydrogen-bond donors (Lipinski definition) is 1. The number of anilines is 1. The third-order valence-corrected chi connectivity index (χ3v) is 6.54. The van der Waals surface area contributed by atoms with Gasteiger partial charge in [-0.05, 0) is 62.9 Å². The number of rotatable bonds is 6. The molecular formula is C18H27N3O2S. The molecule has 1 aliphatic rings. The van der Waals surface area contributed by atoms with Gasteiger partial charge in [0.05, 0.1) is 11.3 Å². The van der Waals surface area contributed by atoms with Crippen molar-refractivity contribution in [2.75, 3.05) is 17.8 Å². The van der Waals surface area contributed by atoms with E-state index in [1.54, 1.807) is 19.9 Å². The van der Waals surface area contributed by atoms with Crippen LogP contribution in [0, 0.1) is 16.7 Å². The van der Waals surface area contributed by atoms with E-state index in [4.69, 9.17) is 5.26 Å². The predicted octanol–water partition coefficient (Wildman–Crippen LogP) is 3.35. The zero-order valence-electron chi connectivity index (χ0n) is 14.7. The lowest BCUT2D eigenvalue weighted by Gasteiger charge is -2.38. The lowest BCUT2D eigenvalue weighted by atomic mass is 9.78. The molecule has 5 nitrogen and oxygen atoms in total. The zero-order valence-corrected chi connectivity index (χ0v) is 15.6. The molecule has 0 aromatic heterocycles. The number of hydrogen-bond acceptors (Lipinski definition) is 4. The summed E-state index contributed by atoms with van der Waals surface area (Å²) in [5, 5.41) is 8.47. The van der Waals surface area contributed by atoms with E-state index in [0.717, 1.165) is 38.0 Å². The van der Waals surface area contributed by atoms with Crippen molar-refractivity contribution in [3.63, 3.8) is 0 Å². The van der Waals surface area contributed by atoms with Crippen LogP contribution in [0.15, 0.2) is 24.3 Å². The van der Waals surface area contributed by atoms with Crippen LogP contribution in [0.3, 0.4) is 0 Å². The summed E-state index contributed by atoms with van der Waals surface area (Å²) in [6.07, 6.45) is 2.67. The van der Waals surface area contributed by atoms with Crippen LogP contribution < -0.4 is 4.72 Å². The average molecular weight is 350 g/mol. The van der Waals surface area contributed by atoms with Crippen LogP contribution in [0.2, 0.25) is 0 Å². The van der Waals surface area contributed by atoms with Gasteiger partial charge in [-0.1, -0.05) is 19.1 Å². The Bertz CT molecular complexity index is 699. The Balaban J connectivity index is 1.98. The number of benzene rings is 1. The summed E-state index contributed by atoms with van der Waals surface area (Å²) in [6, 6.07) is 9.89. The molecule has 1 fully saturated rings. The third-order valence-electron chi connectivity index (χ3n) is 4.78. The highest BCUT2D eigenvalue weighted by molar-refractivity contribution is 7.93. The van der Waals surface area contributed by atoms with E-state index in [1.807, 2.05) is 18.2 Å². The quantitative estimate of drug-likeness (QED) is 0.855. The van der Waals surface area contributed by atoms with Crippen LogP contribution in [0.5, 0.6) is 0 Å². The van der Waals surface area contributed by atoms with Crippen molar-refractivity contribution in [3.8, 4) is 6.07 Å². The summed E-state index contributed by atoms with van der Waals surface area (Å²) >= 11 is 0. The second kappa shape index (κ2) is 7.54. The first-order chi connectivity index (χ1) is 11.2. The molecule has 0 amide bonds. The largest absolute Gasteiger partial charge is 0.299 e. The molecule has 0 radical (unpaired) electrons. The van der Waals surface area contributed by atoms with Gasteiger partial charge in [0.2, 0.25) is 10.0 Å². The number of piperidine rings is 1. The maximum atomic E-state index is 12.0. The standard InChI is InChI=1S/C18H27N3O2S/c1-15(2)24(22,23)20-17-6-4-5-16(13-17)14-21-11-8-18(3,7-10-19)9-12-21/h4-6,13,15,20H,7-9,11-12,14H2,1-3H3. The summed E-state index contributed by atoms with van der Waals surface area (Å²) in [7, 11) is -3.32. The van der Waals surface area contributed by atoms with Gasteiger partial charge in [-0.15, -0.1) is 0 Å². The highest BCUT2D eigenvalue weighted by Crippen LogP contribution is 2.34. The molecule has 24 heavy (non-hydrogen) atoms. The lowest BCUT2D eigenvalue weighted by molar-refractivity contribution is 0.116. The van der Waals surface area contributed by atoms with Gasteiger partial charge in [-0.25, -0.2) is 8.42 Å². The Hall–Kier alpha value is -1.58. The lowest BCUT2D eigenvalue weighted by Crippen LogP contribution is -2.38. The van der Waals surface area contributed by atoms with Crippen LogP contribution >= 0.6 is 0 Å². The van der Waals surface area contributed by atoms with E-state index in [1.165, 1.54) is 0 Å². The normalized spacial score (nSPS) is 18.3. The van der Waals surface area contributed by atoms with Crippen molar-refractivity contribution in [2.45, 2.75) is 51.8 Å². The SMILES string of the molecule is CC(C)S(=O)(=O)Nc1cccc(CN2CCC(C)(CC#N)CC2)c1. The number of likely N-dealkylation sites (tertiary alicyclic amines) is 1. The molecule has 2 rings (SSSR count). The molecule has 0 aliphatic carbocycles. The van der Waals surface area contributed by atoms with Crippen LogP contribution in [0.25, 0.3) is 0 Å². The second-order valence-corrected chi connectivity index (χ2v) is 9.55. The molecule has 6 heteroatoms. The first-order valence-corrected chi connectivity index (χ1v) is 9.99. The van der Waals surface area contributed by atoms with Gasteiger partial charge in [-0.3, -0.25) is 9.62 Å². The van der Waals surface area contributed by atoms with Crippen LogP contribution in [0.4, 0.5) is 5.69 Å². The van der Waals surface area contributed by atoms with Gasteiger partial charge >= 0.3 is 0 Å². The fraction of sp³-hybridized carbons (Fsp3) is 0.611. The summed E-state index contributed by atoms with van der Waals surface area (Å²) in [5.41, 5.74) is 1.86. The third kappa shape index (κ3) is 4.96. The first-order valence-electron chi connectivity index (χ1n) is 8.44. The van der Waals surface area contributed by atoms with Gasteiger partial charge in [0.25, 0.3) is 0 Å². The van der Waals surface area contributed by atoms with Gasteiger partial charge in [0.15, 0.2) is 0 Å². The van der Waals surface area contributed by atoms with Crippen molar-refractivity contribution in [3.05, 3.63) is 29.8 Å². The van der Waals surface area contributed by atoms with Crippen LogP contribution in [-0.4, -0.2) is 31.7 Å². The first kappa shape index (κ1) is 18.8. The maximum Gasteiger partial charge on any atom is 0.235 e. The van der Waals surface area contributed by atoms with Gasteiger partial charge < -0.3 is 0 Å². The second-order valence-electron chi connectivity index (χ2n) is 7.32.